The summed E-state index contributed by atoms with van der Waals surface area (Å²) in [6.07, 6.45) is 3.12. The fourth-order valence-electron chi connectivity index (χ4n) is 2.83. The minimum absolute atomic E-state index is 0.314. The molecule has 0 amide bonds. The molecule has 0 saturated heterocycles. The number of rotatable bonds is 0. The molecule has 3 atom stereocenters. The van der Waals surface area contributed by atoms with Crippen molar-refractivity contribution in [3.63, 3.8) is 0 Å². The molecule has 63 valence electrons. The topological polar surface area (TPSA) is 20.2 Å². The van der Waals surface area contributed by atoms with E-state index in [-0.39, 0.29) is 0 Å². The maximum atomic E-state index is 9.83. The van der Waals surface area contributed by atoms with Crippen LogP contribution in [0.25, 0.3) is 0 Å². The largest absolute Gasteiger partial charge is 0.378 e. The van der Waals surface area contributed by atoms with Gasteiger partial charge in [-0.25, -0.2) is 0 Å². The first-order valence-corrected chi connectivity index (χ1v) is 4.78. The van der Waals surface area contributed by atoms with E-state index >= 15 is 0 Å². The van der Waals surface area contributed by atoms with E-state index in [1.54, 1.807) is 0 Å². The zero-order valence-electron chi connectivity index (χ0n) is 7.13. The Morgan fingerprint density at radius 2 is 2.09 bits per heavy atom. The fourth-order valence-corrected chi connectivity index (χ4v) is 3.34. The lowest BCUT2D eigenvalue weighted by molar-refractivity contribution is -0.156. The molecule has 0 spiro atoms. The van der Waals surface area contributed by atoms with Crippen LogP contribution in [0.2, 0.25) is 0 Å². The number of hydrogen-bond donors (Lipinski definition) is 1. The van der Waals surface area contributed by atoms with Gasteiger partial charge in [-0.3, -0.25) is 0 Å². The van der Waals surface area contributed by atoms with Crippen LogP contribution >= 0.6 is 12.6 Å². The minimum Gasteiger partial charge on any atom is -0.378 e. The Kier molecular flexibility index (Phi) is 1.42. The standard InChI is InChI=1S/C9H15OS/c1-8(2)6-3-4-9(10,11)7(8)5-6/h6-7,10H,3-5H2,1-2H3. The molecule has 3 aliphatic rings. The molecule has 0 aromatic heterocycles. The van der Waals surface area contributed by atoms with Gasteiger partial charge in [0.1, 0.15) is 4.93 Å². The van der Waals surface area contributed by atoms with Crippen LogP contribution in [0.3, 0.4) is 0 Å². The van der Waals surface area contributed by atoms with Crippen LogP contribution in [-0.2, 0) is 0 Å². The monoisotopic (exact) mass is 171 g/mol. The molecule has 1 nitrogen and oxygen atoms in total. The van der Waals surface area contributed by atoms with Gasteiger partial charge in [0, 0.05) is 5.92 Å². The molecule has 2 heteroatoms. The van der Waals surface area contributed by atoms with Crippen LogP contribution in [0.15, 0.2) is 0 Å². The Hall–Kier alpha value is 0.310. The van der Waals surface area contributed by atoms with E-state index in [0.29, 0.717) is 11.3 Å². The third-order valence-corrected chi connectivity index (χ3v) is 4.35. The van der Waals surface area contributed by atoms with E-state index in [9.17, 15) is 5.11 Å². The molecule has 0 aliphatic heterocycles. The van der Waals surface area contributed by atoms with E-state index in [4.69, 9.17) is 12.6 Å². The molecule has 3 rings (SSSR count). The second kappa shape index (κ2) is 1.97. The molecular formula is C9H15OS. The number of fused-ring (bicyclic) bond motifs is 2. The highest BCUT2D eigenvalue weighted by atomic mass is 32.1. The van der Waals surface area contributed by atoms with Crippen molar-refractivity contribution in [3.05, 3.63) is 0 Å². The first-order chi connectivity index (χ1) is 4.94. The Labute approximate surface area is 73.6 Å². The van der Waals surface area contributed by atoms with Crippen LogP contribution in [-0.4, -0.2) is 10.0 Å². The van der Waals surface area contributed by atoms with Crippen molar-refractivity contribution in [1.29, 1.82) is 0 Å². The summed E-state index contributed by atoms with van der Waals surface area (Å²) in [7, 11) is 0. The van der Waals surface area contributed by atoms with Crippen molar-refractivity contribution in [3.8, 4) is 0 Å². The highest BCUT2D eigenvalue weighted by molar-refractivity contribution is 7.81. The van der Waals surface area contributed by atoms with Gasteiger partial charge in [0.2, 0.25) is 0 Å². The summed E-state index contributed by atoms with van der Waals surface area (Å²) in [5.74, 6) is 1.21. The molecule has 0 aromatic carbocycles. The molecular weight excluding hydrogens is 156 g/mol. The van der Waals surface area contributed by atoms with Crippen molar-refractivity contribution in [2.24, 2.45) is 17.3 Å². The molecule has 11 heavy (non-hydrogen) atoms. The molecule has 1 radical (unpaired) electrons. The van der Waals surface area contributed by atoms with E-state index in [1.165, 1.54) is 0 Å². The highest BCUT2D eigenvalue weighted by Gasteiger charge is 2.59. The van der Waals surface area contributed by atoms with Gasteiger partial charge in [-0.2, -0.15) is 0 Å². The van der Waals surface area contributed by atoms with Gasteiger partial charge in [0.15, 0.2) is 0 Å². The van der Waals surface area contributed by atoms with E-state index in [2.05, 4.69) is 13.8 Å². The second-order valence-corrected chi connectivity index (χ2v) is 5.40. The third-order valence-electron chi connectivity index (χ3n) is 3.87. The molecule has 3 fully saturated rings. The van der Waals surface area contributed by atoms with Gasteiger partial charge in [-0.15, -0.1) is 0 Å². The maximum absolute atomic E-state index is 9.83. The summed E-state index contributed by atoms with van der Waals surface area (Å²) in [4.78, 5) is -0.780. The number of hydrogen-bond acceptors (Lipinski definition) is 1. The minimum atomic E-state index is -0.780. The summed E-state index contributed by atoms with van der Waals surface area (Å²) >= 11 is 5.16. The normalized spacial score (nSPS) is 53.5. The van der Waals surface area contributed by atoms with Gasteiger partial charge in [-0.05, 0) is 30.6 Å². The van der Waals surface area contributed by atoms with Crippen molar-refractivity contribution >= 4 is 12.6 Å². The Morgan fingerprint density at radius 3 is 2.36 bits per heavy atom. The molecule has 3 unspecified atom stereocenters. The van der Waals surface area contributed by atoms with Crippen LogP contribution < -0.4 is 0 Å². The zero-order chi connectivity index (χ0) is 8.28. The summed E-state index contributed by atoms with van der Waals surface area (Å²) < 4.78 is 0. The first-order valence-electron chi connectivity index (χ1n) is 4.37. The quantitative estimate of drug-likeness (QED) is 0.593. The van der Waals surface area contributed by atoms with Gasteiger partial charge >= 0.3 is 0 Å². The predicted molar refractivity (Wildman–Crippen MR) is 47.2 cm³/mol. The van der Waals surface area contributed by atoms with Crippen LogP contribution in [0.1, 0.15) is 33.1 Å². The molecule has 3 aliphatic carbocycles. The predicted octanol–water partition coefficient (Wildman–Crippen LogP) is 2.33. The lowest BCUT2D eigenvalue weighted by Gasteiger charge is -2.61. The summed E-state index contributed by atoms with van der Waals surface area (Å²) in [6.45, 7) is 4.48. The Bertz CT molecular complexity index is 176. The third kappa shape index (κ3) is 0.888. The van der Waals surface area contributed by atoms with Crippen LogP contribution in [0, 0.1) is 17.3 Å². The first kappa shape index (κ1) is 7.93. The van der Waals surface area contributed by atoms with Crippen molar-refractivity contribution in [2.45, 2.75) is 38.0 Å². The number of aliphatic hydroxyl groups is 1. The average Bonchev–Trinajstić information content (AvgIpc) is 1.84. The molecule has 3 saturated carbocycles. The fraction of sp³-hybridized carbons (Fsp3) is 1.00. The molecule has 2 bridgehead atoms. The van der Waals surface area contributed by atoms with E-state index in [1.807, 2.05) is 0 Å². The van der Waals surface area contributed by atoms with Gasteiger partial charge < -0.3 is 5.11 Å². The van der Waals surface area contributed by atoms with Gasteiger partial charge in [-0.1, -0.05) is 26.5 Å². The van der Waals surface area contributed by atoms with E-state index < -0.39 is 4.93 Å². The van der Waals surface area contributed by atoms with Gasteiger partial charge in [0.25, 0.3) is 0 Å². The Morgan fingerprint density at radius 1 is 1.45 bits per heavy atom. The van der Waals surface area contributed by atoms with Crippen LogP contribution in [0.5, 0.6) is 0 Å². The summed E-state index contributed by atoms with van der Waals surface area (Å²) in [5, 5.41) is 9.83. The highest BCUT2D eigenvalue weighted by Crippen LogP contribution is 2.63. The lowest BCUT2D eigenvalue weighted by atomic mass is 9.47. The summed E-state index contributed by atoms with van der Waals surface area (Å²) in [5.41, 5.74) is 0.314. The van der Waals surface area contributed by atoms with Crippen molar-refractivity contribution in [2.75, 3.05) is 0 Å². The van der Waals surface area contributed by atoms with Crippen molar-refractivity contribution in [1.82, 2.24) is 0 Å². The molecule has 1 N–H and O–H groups in total. The molecule has 0 heterocycles. The lowest BCUT2D eigenvalue weighted by Crippen LogP contribution is -2.59. The smallest absolute Gasteiger partial charge is 0.123 e. The second-order valence-electron chi connectivity index (χ2n) is 4.69. The van der Waals surface area contributed by atoms with Gasteiger partial charge in [0.05, 0.1) is 0 Å². The van der Waals surface area contributed by atoms with Crippen LogP contribution in [0.4, 0.5) is 0 Å². The zero-order valence-corrected chi connectivity index (χ0v) is 7.95. The maximum Gasteiger partial charge on any atom is 0.123 e. The summed E-state index contributed by atoms with van der Waals surface area (Å²) in [6, 6.07) is 0. The average molecular weight is 171 g/mol. The molecule has 0 aromatic rings. The SMILES string of the molecule is CC1(C)C2CCC(O)([S])C1C2. The Balaban J connectivity index is 2.23. The van der Waals surface area contributed by atoms with Crippen molar-refractivity contribution < 1.29 is 5.11 Å². The van der Waals surface area contributed by atoms with E-state index in [0.717, 1.165) is 25.2 Å².